The molecule has 1 aromatic carbocycles. The summed E-state index contributed by atoms with van der Waals surface area (Å²) in [7, 11) is 0. The number of rotatable bonds is 2. The van der Waals surface area contributed by atoms with Crippen LogP contribution in [0.25, 0.3) is 11.1 Å². The molecule has 0 unspecified atom stereocenters. The Labute approximate surface area is 101 Å². The first-order chi connectivity index (χ1) is 8.67. The predicted molar refractivity (Wildman–Crippen MR) is 58.0 cm³/mol. The third-order valence-electron chi connectivity index (χ3n) is 2.27. The van der Waals surface area contributed by atoms with Crippen LogP contribution in [-0.2, 0) is 0 Å². The Morgan fingerprint density at radius 2 is 1.89 bits per heavy atom. The third-order valence-corrected chi connectivity index (χ3v) is 2.27. The van der Waals surface area contributed by atoms with Crippen molar-refractivity contribution in [3.8, 4) is 23.3 Å². The van der Waals surface area contributed by atoms with Crippen LogP contribution in [0, 0.1) is 32.8 Å². The van der Waals surface area contributed by atoms with Crippen molar-refractivity contribution in [2.45, 2.75) is 0 Å². The molecule has 18 heavy (non-hydrogen) atoms. The van der Waals surface area contributed by atoms with Gasteiger partial charge in [0.05, 0.1) is 10.5 Å². The van der Waals surface area contributed by atoms with Crippen LogP contribution in [0.15, 0.2) is 28.8 Å². The maximum atomic E-state index is 10.5. The maximum absolute atomic E-state index is 10.5. The Hall–Kier alpha value is -3.19. The monoisotopic (exact) mass is 240 g/mol. The smallest absolute Gasteiger partial charge is 0.269 e. The van der Waals surface area contributed by atoms with Crippen LogP contribution in [0.1, 0.15) is 11.5 Å². The summed E-state index contributed by atoms with van der Waals surface area (Å²) in [6.45, 7) is 0. The first-order valence-corrected chi connectivity index (χ1v) is 4.72. The average molecular weight is 240 g/mol. The van der Waals surface area contributed by atoms with Crippen molar-refractivity contribution >= 4 is 5.69 Å². The van der Waals surface area contributed by atoms with Crippen LogP contribution in [-0.4, -0.2) is 10.1 Å². The van der Waals surface area contributed by atoms with Crippen LogP contribution in [0.3, 0.4) is 0 Å². The fourth-order valence-corrected chi connectivity index (χ4v) is 1.46. The molecule has 0 fully saturated rings. The van der Waals surface area contributed by atoms with E-state index in [1.54, 1.807) is 12.1 Å². The molecule has 0 bridgehead atoms. The fourth-order valence-electron chi connectivity index (χ4n) is 1.46. The number of nitro benzene ring substituents is 1. The number of non-ortho nitro benzene ring substituents is 1. The molecule has 0 spiro atoms. The average Bonchev–Trinajstić information content (AvgIpc) is 2.81. The number of nitro groups is 1. The van der Waals surface area contributed by atoms with Gasteiger partial charge in [-0.15, -0.1) is 0 Å². The molecule has 1 heterocycles. The lowest BCUT2D eigenvalue weighted by Gasteiger charge is -1.97. The Morgan fingerprint density at radius 3 is 2.39 bits per heavy atom. The van der Waals surface area contributed by atoms with Gasteiger partial charge in [-0.1, -0.05) is 5.16 Å². The van der Waals surface area contributed by atoms with Crippen molar-refractivity contribution in [3.05, 3.63) is 45.8 Å². The number of hydrogen-bond acceptors (Lipinski definition) is 6. The fraction of sp³-hybridized carbons (Fsp3) is 0. The SMILES string of the molecule is N#Cc1noc(C#N)c1-c1ccc([N+](=O)[O-])cc1. The van der Waals surface area contributed by atoms with Gasteiger partial charge < -0.3 is 4.52 Å². The Bertz CT molecular complexity index is 657. The number of aromatic nitrogens is 1. The molecule has 0 N–H and O–H groups in total. The van der Waals surface area contributed by atoms with E-state index < -0.39 is 4.92 Å². The minimum atomic E-state index is -0.534. The molecular formula is C11H4N4O3. The van der Waals surface area contributed by atoms with Crippen LogP contribution >= 0.6 is 0 Å². The second-order valence-corrected chi connectivity index (χ2v) is 3.26. The summed E-state index contributed by atoms with van der Waals surface area (Å²) in [5, 5.41) is 31.6. The van der Waals surface area contributed by atoms with E-state index in [1.165, 1.54) is 24.3 Å². The van der Waals surface area contributed by atoms with E-state index in [1.807, 2.05) is 0 Å². The molecule has 2 rings (SSSR count). The highest BCUT2D eigenvalue weighted by molar-refractivity contribution is 5.73. The Kier molecular flexibility index (Phi) is 2.73. The topological polar surface area (TPSA) is 117 Å². The standard InChI is InChI=1S/C11H4N4O3/c12-5-9-11(10(6-13)18-14-9)7-1-3-8(4-2-7)15(16)17/h1-4H. The highest BCUT2D eigenvalue weighted by Crippen LogP contribution is 2.28. The van der Waals surface area contributed by atoms with Crippen molar-refractivity contribution in [1.82, 2.24) is 5.16 Å². The van der Waals surface area contributed by atoms with Gasteiger partial charge in [-0.25, -0.2) is 0 Å². The van der Waals surface area contributed by atoms with E-state index >= 15 is 0 Å². The zero-order chi connectivity index (χ0) is 13.1. The van der Waals surface area contributed by atoms with E-state index in [0.717, 1.165) is 0 Å². The molecule has 7 heteroatoms. The van der Waals surface area contributed by atoms with Gasteiger partial charge in [0.25, 0.3) is 5.69 Å². The van der Waals surface area contributed by atoms with E-state index in [0.29, 0.717) is 5.56 Å². The molecule has 0 radical (unpaired) electrons. The van der Waals surface area contributed by atoms with Crippen molar-refractivity contribution in [3.63, 3.8) is 0 Å². The van der Waals surface area contributed by atoms with E-state index in [4.69, 9.17) is 15.0 Å². The van der Waals surface area contributed by atoms with Gasteiger partial charge in [0.2, 0.25) is 5.76 Å². The summed E-state index contributed by atoms with van der Waals surface area (Å²) < 4.78 is 4.70. The van der Waals surface area contributed by atoms with E-state index in [9.17, 15) is 10.1 Å². The highest BCUT2D eigenvalue weighted by atomic mass is 16.6. The molecule has 7 nitrogen and oxygen atoms in total. The van der Waals surface area contributed by atoms with Gasteiger partial charge in [0.1, 0.15) is 12.1 Å². The van der Waals surface area contributed by atoms with Gasteiger partial charge in [0.15, 0.2) is 5.69 Å². The van der Waals surface area contributed by atoms with Crippen LogP contribution < -0.4 is 0 Å². The molecule has 1 aromatic heterocycles. The first kappa shape index (κ1) is 11.3. The quantitative estimate of drug-likeness (QED) is 0.585. The van der Waals surface area contributed by atoms with E-state index in [-0.39, 0.29) is 22.7 Å². The molecule has 2 aromatic rings. The second-order valence-electron chi connectivity index (χ2n) is 3.26. The number of benzene rings is 1. The molecule has 0 aliphatic heterocycles. The third kappa shape index (κ3) is 1.77. The van der Waals surface area contributed by atoms with Crippen molar-refractivity contribution in [2.24, 2.45) is 0 Å². The van der Waals surface area contributed by atoms with Crippen molar-refractivity contribution in [2.75, 3.05) is 0 Å². The lowest BCUT2D eigenvalue weighted by atomic mass is 10.0. The molecular weight excluding hydrogens is 236 g/mol. The Balaban J connectivity index is 2.56. The zero-order valence-corrected chi connectivity index (χ0v) is 8.82. The first-order valence-electron chi connectivity index (χ1n) is 4.72. The molecule has 0 saturated carbocycles. The highest BCUT2D eigenvalue weighted by Gasteiger charge is 2.18. The minimum Gasteiger partial charge on any atom is -0.343 e. The van der Waals surface area contributed by atoms with Gasteiger partial charge in [0, 0.05) is 12.1 Å². The predicted octanol–water partition coefficient (Wildman–Crippen LogP) is 1.99. The molecule has 0 aliphatic rings. The molecule has 86 valence electrons. The number of nitriles is 2. The second kappa shape index (κ2) is 4.36. The van der Waals surface area contributed by atoms with Gasteiger partial charge in [-0.05, 0) is 17.7 Å². The number of nitrogens with zero attached hydrogens (tertiary/aromatic N) is 4. The summed E-state index contributed by atoms with van der Waals surface area (Å²) in [4.78, 5) is 9.98. The van der Waals surface area contributed by atoms with Crippen molar-refractivity contribution in [1.29, 1.82) is 10.5 Å². The normalized spacial score (nSPS) is 9.44. The van der Waals surface area contributed by atoms with E-state index in [2.05, 4.69) is 5.16 Å². The van der Waals surface area contributed by atoms with Crippen LogP contribution in [0.5, 0.6) is 0 Å². The Morgan fingerprint density at radius 1 is 1.22 bits per heavy atom. The summed E-state index contributed by atoms with van der Waals surface area (Å²) in [6.07, 6.45) is 0. The zero-order valence-electron chi connectivity index (χ0n) is 8.82. The van der Waals surface area contributed by atoms with Crippen molar-refractivity contribution < 1.29 is 9.45 Å². The minimum absolute atomic E-state index is 0.0274. The maximum Gasteiger partial charge on any atom is 0.269 e. The summed E-state index contributed by atoms with van der Waals surface area (Å²) in [5.41, 5.74) is 0.609. The van der Waals surface area contributed by atoms with Crippen LogP contribution in [0.4, 0.5) is 5.69 Å². The molecule has 0 amide bonds. The molecule has 0 saturated heterocycles. The van der Waals surface area contributed by atoms with Gasteiger partial charge in [-0.3, -0.25) is 10.1 Å². The van der Waals surface area contributed by atoms with Gasteiger partial charge in [-0.2, -0.15) is 10.5 Å². The lowest BCUT2D eigenvalue weighted by molar-refractivity contribution is -0.384. The summed E-state index contributed by atoms with van der Waals surface area (Å²) >= 11 is 0. The largest absolute Gasteiger partial charge is 0.343 e. The lowest BCUT2D eigenvalue weighted by Crippen LogP contribution is -1.88. The van der Waals surface area contributed by atoms with Gasteiger partial charge >= 0.3 is 0 Å². The van der Waals surface area contributed by atoms with Crippen LogP contribution in [0.2, 0.25) is 0 Å². The summed E-state index contributed by atoms with van der Waals surface area (Å²) in [5.74, 6) is -0.0968. The molecule has 0 atom stereocenters. The molecule has 0 aliphatic carbocycles. The summed E-state index contributed by atoms with van der Waals surface area (Å²) in [6, 6.07) is 9.01. The number of hydrogen-bond donors (Lipinski definition) is 0.